The summed E-state index contributed by atoms with van der Waals surface area (Å²) in [6.07, 6.45) is 1.81. The Morgan fingerprint density at radius 3 is 2.86 bits per heavy atom. The van der Waals surface area contributed by atoms with Crippen LogP contribution >= 0.6 is 0 Å². The van der Waals surface area contributed by atoms with Crippen molar-refractivity contribution in [2.24, 2.45) is 0 Å². The first-order valence-electron chi connectivity index (χ1n) is 6.43. The summed E-state index contributed by atoms with van der Waals surface area (Å²) in [5.41, 5.74) is 2.47. The Labute approximate surface area is 120 Å². The van der Waals surface area contributed by atoms with Crippen molar-refractivity contribution in [1.82, 2.24) is 14.6 Å². The Hall–Kier alpha value is -2.96. The fraction of sp³-hybridized carbons (Fsp3) is 0.143. The number of nitrogens with zero attached hydrogens (tertiary/aromatic N) is 4. The number of nitrogens with one attached hydrogen (secondary N) is 1. The Kier molecular flexibility index (Phi) is 3.23. The summed E-state index contributed by atoms with van der Waals surface area (Å²) < 4.78 is 1.68. The number of aryl methyl sites for hydroxylation is 1. The molecule has 21 heavy (non-hydrogen) atoms. The summed E-state index contributed by atoms with van der Waals surface area (Å²) in [4.78, 5) is 14.9. The van der Waals surface area contributed by atoms with E-state index in [1.165, 1.54) is 6.07 Å². The van der Waals surface area contributed by atoms with Gasteiger partial charge in [-0.1, -0.05) is 24.3 Å². The molecule has 3 rings (SSSR count). The van der Waals surface area contributed by atoms with Gasteiger partial charge in [-0.05, 0) is 18.6 Å². The van der Waals surface area contributed by atoms with Crippen LogP contribution in [0.4, 0.5) is 11.6 Å². The molecule has 0 spiro atoms. The van der Waals surface area contributed by atoms with Gasteiger partial charge in [-0.25, -0.2) is 4.52 Å². The van der Waals surface area contributed by atoms with E-state index in [-0.39, 0.29) is 5.69 Å². The number of anilines is 1. The number of hydrogen-bond donors (Lipinski definition) is 1. The van der Waals surface area contributed by atoms with Crippen LogP contribution in [0.15, 0.2) is 42.6 Å². The smallest absolute Gasteiger partial charge is 0.274 e. The van der Waals surface area contributed by atoms with Gasteiger partial charge in [-0.15, -0.1) is 5.10 Å². The van der Waals surface area contributed by atoms with Crippen molar-refractivity contribution in [3.8, 4) is 0 Å². The lowest BCUT2D eigenvalue weighted by molar-refractivity contribution is -0.385. The predicted molar refractivity (Wildman–Crippen MR) is 78.1 cm³/mol. The van der Waals surface area contributed by atoms with Crippen LogP contribution in [0.25, 0.3) is 5.65 Å². The number of aromatic nitrogens is 3. The number of benzene rings is 1. The van der Waals surface area contributed by atoms with E-state index in [1.54, 1.807) is 22.7 Å². The maximum absolute atomic E-state index is 11.0. The van der Waals surface area contributed by atoms with Crippen LogP contribution in [0.1, 0.15) is 11.1 Å². The fourth-order valence-electron chi connectivity index (χ4n) is 2.13. The lowest BCUT2D eigenvalue weighted by Gasteiger charge is -2.02. The van der Waals surface area contributed by atoms with Crippen molar-refractivity contribution in [2.75, 3.05) is 5.32 Å². The van der Waals surface area contributed by atoms with Crippen molar-refractivity contribution in [3.05, 3.63) is 63.8 Å². The quantitative estimate of drug-likeness (QED) is 0.587. The first-order valence-corrected chi connectivity index (χ1v) is 6.43. The van der Waals surface area contributed by atoms with E-state index in [9.17, 15) is 10.1 Å². The molecule has 2 aromatic heterocycles. The molecule has 0 aliphatic rings. The minimum absolute atomic E-state index is 0.0879. The van der Waals surface area contributed by atoms with Crippen LogP contribution in [0.3, 0.4) is 0 Å². The second kappa shape index (κ2) is 5.20. The van der Waals surface area contributed by atoms with Gasteiger partial charge >= 0.3 is 0 Å². The van der Waals surface area contributed by atoms with Gasteiger partial charge in [0, 0.05) is 24.4 Å². The summed E-state index contributed by atoms with van der Waals surface area (Å²) >= 11 is 0. The molecule has 1 N–H and O–H groups in total. The van der Waals surface area contributed by atoms with Crippen LogP contribution in [-0.4, -0.2) is 19.5 Å². The zero-order valence-electron chi connectivity index (χ0n) is 11.4. The number of fused-ring (bicyclic) bond motifs is 1. The minimum Gasteiger partial charge on any atom is -0.349 e. The first-order chi connectivity index (χ1) is 10.1. The molecule has 0 atom stereocenters. The average molecular weight is 283 g/mol. The molecule has 0 aliphatic carbocycles. The highest BCUT2D eigenvalue weighted by atomic mass is 16.6. The molecule has 3 aromatic rings. The highest BCUT2D eigenvalue weighted by Gasteiger charge is 2.13. The van der Waals surface area contributed by atoms with E-state index < -0.39 is 4.92 Å². The standard InChI is InChI=1S/C14H13N5O2/c1-10-5-4-8-18-13(10)16-14(17-18)15-9-11-6-2-3-7-12(11)19(20)21/h2-8H,9H2,1H3,(H,15,17). The fourth-order valence-corrected chi connectivity index (χ4v) is 2.13. The van der Waals surface area contributed by atoms with Crippen molar-refractivity contribution in [3.63, 3.8) is 0 Å². The van der Waals surface area contributed by atoms with E-state index >= 15 is 0 Å². The van der Waals surface area contributed by atoms with Gasteiger partial charge in [0.05, 0.1) is 4.92 Å². The first kappa shape index (κ1) is 13.0. The highest BCUT2D eigenvalue weighted by molar-refractivity contribution is 5.50. The normalized spacial score (nSPS) is 10.7. The molecule has 0 fully saturated rings. The molecule has 0 radical (unpaired) electrons. The summed E-state index contributed by atoms with van der Waals surface area (Å²) in [7, 11) is 0. The SMILES string of the molecule is Cc1cccn2nc(NCc3ccccc3[N+](=O)[O-])nc12. The Morgan fingerprint density at radius 2 is 2.10 bits per heavy atom. The van der Waals surface area contributed by atoms with Gasteiger partial charge in [0.1, 0.15) is 0 Å². The third kappa shape index (κ3) is 2.53. The van der Waals surface area contributed by atoms with Crippen molar-refractivity contribution >= 4 is 17.3 Å². The van der Waals surface area contributed by atoms with Gasteiger partial charge in [0.15, 0.2) is 5.65 Å². The van der Waals surface area contributed by atoms with Gasteiger partial charge in [0.2, 0.25) is 5.95 Å². The largest absolute Gasteiger partial charge is 0.349 e. The topological polar surface area (TPSA) is 85.4 Å². The van der Waals surface area contributed by atoms with Crippen LogP contribution in [0, 0.1) is 17.0 Å². The van der Waals surface area contributed by atoms with Gasteiger partial charge in [0.25, 0.3) is 5.69 Å². The van der Waals surface area contributed by atoms with Gasteiger partial charge < -0.3 is 5.32 Å². The Bertz CT molecular complexity index is 812. The molecule has 0 saturated heterocycles. The molecule has 0 unspecified atom stereocenters. The molecular weight excluding hydrogens is 270 g/mol. The van der Waals surface area contributed by atoms with E-state index in [1.807, 2.05) is 25.3 Å². The predicted octanol–water partition coefficient (Wildman–Crippen LogP) is 2.56. The number of rotatable bonds is 4. The molecule has 0 aliphatic heterocycles. The molecule has 0 bridgehead atoms. The molecule has 7 heteroatoms. The minimum atomic E-state index is -0.391. The Balaban J connectivity index is 1.84. The van der Waals surface area contributed by atoms with Crippen molar-refractivity contribution in [1.29, 1.82) is 0 Å². The summed E-state index contributed by atoms with van der Waals surface area (Å²) in [6.45, 7) is 2.25. The van der Waals surface area contributed by atoms with Gasteiger partial charge in [-0.3, -0.25) is 10.1 Å². The summed E-state index contributed by atoms with van der Waals surface area (Å²) in [5, 5.41) is 18.3. The molecule has 106 valence electrons. The zero-order chi connectivity index (χ0) is 14.8. The van der Waals surface area contributed by atoms with Crippen LogP contribution in [0.2, 0.25) is 0 Å². The van der Waals surface area contributed by atoms with E-state index in [0.29, 0.717) is 18.1 Å². The lowest BCUT2D eigenvalue weighted by atomic mass is 10.2. The van der Waals surface area contributed by atoms with E-state index in [2.05, 4.69) is 15.4 Å². The number of para-hydroxylation sites is 1. The molecule has 2 heterocycles. The number of nitro benzene ring substituents is 1. The van der Waals surface area contributed by atoms with Crippen LogP contribution in [0.5, 0.6) is 0 Å². The van der Waals surface area contributed by atoms with Crippen molar-refractivity contribution in [2.45, 2.75) is 13.5 Å². The third-order valence-corrected chi connectivity index (χ3v) is 3.18. The molecule has 7 nitrogen and oxygen atoms in total. The average Bonchev–Trinajstić information content (AvgIpc) is 2.90. The number of pyridine rings is 1. The van der Waals surface area contributed by atoms with E-state index in [4.69, 9.17) is 0 Å². The molecule has 1 aromatic carbocycles. The maximum Gasteiger partial charge on any atom is 0.274 e. The third-order valence-electron chi connectivity index (χ3n) is 3.18. The molecule has 0 amide bonds. The zero-order valence-corrected chi connectivity index (χ0v) is 11.4. The second-order valence-electron chi connectivity index (χ2n) is 4.63. The highest BCUT2D eigenvalue weighted by Crippen LogP contribution is 2.18. The summed E-state index contributed by atoms with van der Waals surface area (Å²) in [5.74, 6) is 0.447. The maximum atomic E-state index is 11.0. The number of hydrogen-bond acceptors (Lipinski definition) is 5. The van der Waals surface area contributed by atoms with Crippen LogP contribution in [-0.2, 0) is 6.54 Å². The molecule has 0 saturated carbocycles. The van der Waals surface area contributed by atoms with Gasteiger partial charge in [-0.2, -0.15) is 4.98 Å². The van der Waals surface area contributed by atoms with E-state index in [0.717, 1.165) is 11.2 Å². The lowest BCUT2D eigenvalue weighted by Crippen LogP contribution is -2.04. The summed E-state index contributed by atoms with van der Waals surface area (Å²) in [6, 6.07) is 10.5. The number of nitro groups is 1. The Morgan fingerprint density at radius 1 is 1.29 bits per heavy atom. The van der Waals surface area contributed by atoms with Crippen LogP contribution < -0.4 is 5.32 Å². The van der Waals surface area contributed by atoms with Crippen molar-refractivity contribution < 1.29 is 4.92 Å². The molecular formula is C14H13N5O2. The monoisotopic (exact) mass is 283 g/mol. The second-order valence-corrected chi connectivity index (χ2v) is 4.63.